The topological polar surface area (TPSA) is 111 Å². The highest BCUT2D eigenvalue weighted by Crippen LogP contribution is 2.37. The first-order chi connectivity index (χ1) is 15.4. The number of fused-ring (bicyclic) bond motifs is 1. The van der Waals surface area contributed by atoms with E-state index in [-0.39, 0.29) is 23.8 Å². The molecule has 3 aromatic carbocycles. The van der Waals surface area contributed by atoms with Crippen LogP contribution in [0.2, 0.25) is 0 Å². The molecular formula is C23H18BrN3O5. The molecule has 8 nitrogen and oxygen atoms in total. The highest BCUT2D eigenvalue weighted by Gasteiger charge is 2.26. The van der Waals surface area contributed by atoms with Crippen LogP contribution in [0.25, 0.3) is 10.9 Å². The molecule has 4 aromatic rings. The van der Waals surface area contributed by atoms with Crippen LogP contribution in [0.3, 0.4) is 0 Å². The Hall–Kier alpha value is -3.72. The minimum atomic E-state index is -0.557. The summed E-state index contributed by atoms with van der Waals surface area (Å²) < 4.78 is 6.78. The molecule has 0 spiro atoms. The molecule has 4 rings (SSSR count). The number of aromatic amines is 1. The Morgan fingerprint density at radius 2 is 1.78 bits per heavy atom. The van der Waals surface area contributed by atoms with E-state index in [0.717, 1.165) is 20.9 Å². The van der Waals surface area contributed by atoms with Gasteiger partial charge in [-0.05, 0) is 35.4 Å². The van der Waals surface area contributed by atoms with Crippen LogP contribution in [-0.2, 0) is 6.61 Å². The summed E-state index contributed by atoms with van der Waals surface area (Å²) in [7, 11) is 0. The predicted octanol–water partition coefficient (Wildman–Crippen LogP) is 5.83. The van der Waals surface area contributed by atoms with Crippen molar-refractivity contribution < 1.29 is 14.6 Å². The van der Waals surface area contributed by atoms with E-state index in [1.807, 2.05) is 30.3 Å². The number of nitro benzene ring substituents is 1. The molecule has 0 bridgehead atoms. The van der Waals surface area contributed by atoms with Crippen molar-refractivity contribution in [3.8, 4) is 5.75 Å². The fourth-order valence-corrected chi connectivity index (χ4v) is 4.12. The smallest absolute Gasteiger partial charge is 0.269 e. The molecule has 1 N–H and O–H groups in total. The van der Waals surface area contributed by atoms with Crippen LogP contribution in [0, 0.1) is 20.2 Å². The van der Waals surface area contributed by atoms with Gasteiger partial charge in [0.25, 0.3) is 5.69 Å². The summed E-state index contributed by atoms with van der Waals surface area (Å²) in [4.78, 5) is 25.0. The summed E-state index contributed by atoms with van der Waals surface area (Å²) in [6, 6.07) is 19.2. The Kier molecular flexibility index (Phi) is 6.18. The van der Waals surface area contributed by atoms with Gasteiger partial charge in [0, 0.05) is 44.2 Å². The van der Waals surface area contributed by atoms with E-state index < -0.39 is 10.8 Å². The Morgan fingerprint density at radius 1 is 0.969 bits per heavy atom. The number of rotatable bonds is 8. The number of nitrogens with one attached hydrogen (secondary N) is 1. The standard InChI is InChI=1S/C23H18BrN3O5/c24-16-8-9-23(32-14-15-4-3-5-17(10-15)27(30)31)19(11-16)21(13-26(28)29)20-12-25-22-7-2-1-6-18(20)22/h1-12,21,25H,13-14H2/t21-/m1/s1. The summed E-state index contributed by atoms with van der Waals surface area (Å²) in [6.07, 6.45) is 1.80. The number of para-hydroxylation sites is 1. The first-order valence-corrected chi connectivity index (χ1v) is 10.5. The summed E-state index contributed by atoms with van der Waals surface area (Å²) in [5.41, 5.74) is 2.96. The number of benzene rings is 3. The first kappa shape index (κ1) is 21.5. The third kappa shape index (κ3) is 4.62. The number of nitrogens with zero attached hydrogens (tertiary/aromatic N) is 2. The van der Waals surface area contributed by atoms with Gasteiger partial charge in [0.05, 0.1) is 10.8 Å². The molecule has 0 saturated heterocycles. The molecule has 0 fully saturated rings. The first-order valence-electron chi connectivity index (χ1n) is 9.76. The monoisotopic (exact) mass is 495 g/mol. The van der Waals surface area contributed by atoms with E-state index in [2.05, 4.69) is 20.9 Å². The van der Waals surface area contributed by atoms with Crippen LogP contribution < -0.4 is 4.74 Å². The molecule has 0 unspecified atom stereocenters. The predicted molar refractivity (Wildman–Crippen MR) is 124 cm³/mol. The quantitative estimate of drug-likeness (QED) is 0.244. The van der Waals surface area contributed by atoms with Crippen molar-refractivity contribution >= 4 is 32.5 Å². The van der Waals surface area contributed by atoms with Crippen molar-refractivity contribution in [3.05, 3.63) is 114 Å². The maximum atomic E-state index is 11.6. The Bertz CT molecular complexity index is 1300. The SMILES string of the molecule is O=[N+]([O-])C[C@H](c1cc(Br)ccc1OCc1cccc([N+](=O)[O-])c1)c1c[nH]c2ccccc12. The van der Waals surface area contributed by atoms with E-state index in [1.54, 1.807) is 30.5 Å². The molecule has 1 heterocycles. The number of non-ortho nitro benzene ring substituents is 1. The van der Waals surface area contributed by atoms with Crippen molar-refractivity contribution in [2.45, 2.75) is 12.5 Å². The molecule has 32 heavy (non-hydrogen) atoms. The Balaban J connectivity index is 1.72. The molecule has 0 amide bonds. The molecule has 9 heteroatoms. The fraction of sp³-hybridized carbons (Fsp3) is 0.130. The zero-order valence-electron chi connectivity index (χ0n) is 16.7. The van der Waals surface area contributed by atoms with E-state index in [0.29, 0.717) is 16.9 Å². The number of hydrogen-bond acceptors (Lipinski definition) is 5. The third-order valence-electron chi connectivity index (χ3n) is 5.19. The molecule has 1 atom stereocenters. The van der Waals surface area contributed by atoms with E-state index >= 15 is 0 Å². The molecule has 0 aliphatic carbocycles. The molecule has 162 valence electrons. The maximum absolute atomic E-state index is 11.6. The molecular weight excluding hydrogens is 478 g/mol. The summed E-state index contributed by atoms with van der Waals surface area (Å²) in [6.45, 7) is -0.221. The second-order valence-electron chi connectivity index (χ2n) is 7.26. The van der Waals surface area contributed by atoms with Gasteiger partial charge in [0.1, 0.15) is 12.4 Å². The van der Waals surface area contributed by atoms with E-state index in [9.17, 15) is 20.2 Å². The molecule has 0 aliphatic rings. The normalized spacial score (nSPS) is 11.9. The van der Waals surface area contributed by atoms with Crippen molar-refractivity contribution in [3.63, 3.8) is 0 Å². The average molecular weight is 496 g/mol. The Labute approximate surface area is 191 Å². The van der Waals surface area contributed by atoms with Crippen LogP contribution in [0.4, 0.5) is 5.69 Å². The lowest BCUT2D eigenvalue weighted by Crippen LogP contribution is -2.15. The van der Waals surface area contributed by atoms with Crippen molar-refractivity contribution in [1.82, 2.24) is 4.98 Å². The highest BCUT2D eigenvalue weighted by atomic mass is 79.9. The molecule has 0 saturated carbocycles. The van der Waals surface area contributed by atoms with Gasteiger partial charge < -0.3 is 9.72 Å². The number of nitro groups is 2. The number of halogens is 1. The summed E-state index contributed by atoms with van der Waals surface area (Å²) in [5, 5.41) is 23.5. The van der Waals surface area contributed by atoms with Gasteiger partial charge in [0.2, 0.25) is 6.54 Å². The van der Waals surface area contributed by atoms with Crippen LogP contribution in [0.5, 0.6) is 5.75 Å². The molecule has 1 aromatic heterocycles. The summed E-state index contributed by atoms with van der Waals surface area (Å²) in [5.74, 6) is -0.0735. The van der Waals surface area contributed by atoms with Crippen molar-refractivity contribution in [2.24, 2.45) is 0 Å². The van der Waals surface area contributed by atoms with Crippen LogP contribution in [-0.4, -0.2) is 21.4 Å². The number of H-pyrrole nitrogens is 1. The van der Waals surface area contributed by atoms with E-state index in [1.165, 1.54) is 12.1 Å². The van der Waals surface area contributed by atoms with Gasteiger partial charge in [-0.2, -0.15) is 0 Å². The highest BCUT2D eigenvalue weighted by molar-refractivity contribution is 9.10. The molecule has 0 radical (unpaired) electrons. The van der Waals surface area contributed by atoms with Gasteiger partial charge in [-0.15, -0.1) is 0 Å². The second-order valence-corrected chi connectivity index (χ2v) is 8.17. The second kappa shape index (κ2) is 9.19. The van der Waals surface area contributed by atoms with Gasteiger partial charge in [-0.1, -0.05) is 46.3 Å². The number of hydrogen-bond donors (Lipinski definition) is 1. The van der Waals surface area contributed by atoms with Crippen molar-refractivity contribution in [2.75, 3.05) is 6.54 Å². The lowest BCUT2D eigenvalue weighted by Gasteiger charge is -2.18. The van der Waals surface area contributed by atoms with Gasteiger partial charge >= 0.3 is 0 Å². The largest absolute Gasteiger partial charge is 0.489 e. The fourth-order valence-electron chi connectivity index (χ4n) is 3.74. The summed E-state index contributed by atoms with van der Waals surface area (Å²) >= 11 is 3.46. The van der Waals surface area contributed by atoms with Crippen molar-refractivity contribution in [1.29, 1.82) is 0 Å². The van der Waals surface area contributed by atoms with E-state index in [4.69, 9.17) is 4.74 Å². The molecule has 0 aliphatic heterocycles. The lowest BCUT2D eigenvalue weighted by molar-refractivity contribution is -0.481. The lowest BCUT2D eigenvalue weighted by atomic mass is 9.90. The van der Waals surface area contributed by atoms with Crippen LogP contribution in [0.15, 0.2) is 77.4 Å². The van der Waals surface area contributed by atoms with Gasteiger partial charge in [-0.25, -0.2) is 0 Å². The van der Waals surface area contributed by atoms with Crippen LogP contribution in [0.1, 0.15) is 22.6 Å². The zero-order chi connectivity index (χ0) is 22.7. The minimum absolute atomic E-state index is 0.0212. The van der Waals surface area contributed by atoms with Crippen LogP contribution >= 0.6 is 15.9 Å². The van der Waals surface area contributed by atoms with Gasteiger partial charge in [0.15, 0.2) is 0 Å². The number of ether oxygens (including phenoxy) is 1. The Morgan fingerprint density at radius 3 is 2.56 bits per heavy atom. The number of aromatic nitrogens is 1. The third-order valence-corrected chi connectivity index (χ3v) is 5.68. The van der Waals surface area contributed by atoms with Gasteiger partial charge in [-0.3, -0.25) is 20.2 Å². The average Bonchev–Trinajstić information content (AvgIpc) is 3.20. The zero-order valence-corrected chi connectivity index (χ0v) is 18.3. The minimum Gasteiger partial charge on any atom is -0.489 e. The maximum Gasteiger partial charge on any atom is 0.269 e.